The van der Waals surface area contributed by atoms with Gasteiger partial charge in [0.1, 0.15) is 40.9 Å². The number of nitrogens with one attached hydrogen (secondary N) is 4. The molecule has 26 heteroatoms. The van der Waals surface area contributed by atoms with Gasteiger partial charge in [0.25, 0.3) is 11.8 Å². The lowest BCUT2D eigenvalue weighted by molar-refractivity contribution is -0.218. The summed E-state index contributed by atoms with van der Waals surface area (Å²) in [6.45, 7) is 18.6. The number of benzene rings is 1. The number of hydrogen-bond acceptors (Lipinski definition) is 20. The number of β-lactam (4-membered cyclic amide) rings is 1. The van der Waals surface area contributed by atoms with Gasteiger partial charge >= 0.3 is 28.6 Å². The van der Waals surface area contributed by atoms with Crippen molar-refractivity contribution in [3.8, 4) is 5.75 Å². The molecule has 0 unspecified atom stereocenters. The highest BCUT2D eigenvalue weighted by molar-refractivity contribution is 7.80. The van der Waals surface area contributed by atoms with E-state index in [-0.39, 0.29) is 23.0 Å². The van der Waals surface area contributed by atoms with Gasteiger partial charge in [-0.3, -0.25) is 19.5 Å². The number of aromatic nitrogens is 2. The van der Waals surface area contributed by atoms with Crippen molar-refractivity contribution in [1.82, 2.24) is 30.8 Å². The molecular weight excluding hydrogens is 891 g/mol. The van der Waals surface area contributed by atoms with E-state index in [9.17, 15) is 32.4 Å². The number of esters is 1. The van der Waals surface area contributed by atoms with Crippen LogP contribution in [0.5, 0.6) is 5.75 Å². The smallest absolute Gasteiger partial charge is 0.418 e. The summed E-state index contributed by atoms with van der Waals surface area (Å²) >= 11 is 2.26. The molecule has 2 aliphatic rings. The number of hydroxylamine groups is 2. The minimum Gasteiger partial charge on any atom is -0.490 e. The Labute approximate surface area is 371 Å². The third-order valence-electron chi connectivity index (χ3n) is 8.34. The molecule has 2 atom stereocenters. The molecule has 0 aliphatic carbocycles. The molecule has 0 radical (unpaired) electrons. The van der Waals surface area contributed by atoms with Crippen molar-refractivity contribution in [3.63, 3.8) is 0 Å². The number of carbonyl (C=O) groups excluding carboxylic acids is 5. The molecule has 5 rings (SSSR count). The number of nitrogens with zero attached hydrogens (tertiary/aromatic N) is 5. The SMILES string of the molecule is CC(C)(C)OC(=O)Nc1nc(/C(=N/NO[C@@H](COc2ccc3nc(NC4CN(C(=O)OC(C)(C)C)C4)sc3c2)C(=O)OC(C)(C)C)C(=O)N[C@@H]2C(=O)N(OS(=O)(=O)O)C2(C)C)cs1. The quantitative estimate of drug-likeness (QED) is 0.0360. The summed E-state index contributed by atoms with van der Waals surface area (Å²) in [6.07, 6.45) is -2.70. The van der Waals surface area contributed by atoms with Gasteiger partial charge in [0.05, 0.1) is 21.8 Å². The molecule has 0 bridgehead atoms. The zero-order valence-corrected chi connectivity index (χ0v) is 38.8. The second kappa shape index (κ2) is 18.4. The maximum Gasteiger partial charge on any atom is 0.418 e. The van der Waals surface area contributed by atoms with Crippen molar-refractivity contribution in [3.05, 3.63) is 29.3 Å². The number of hydrogen-bond donors (Lipinski definition) is 5. The highest BCUT2D eigenvalue weighted by Gasteiger charge is 2.58. The highest BCUT2D eigenvalue weighted by atomic mass is 32.3. The van der Waals surface area contributed by atoms with E-state index in [4.69, 9.17) is 28.3 Å². The molecule has 2 aliphatic heterocycles. The van der Waals surface area contributed by atoms with Crippen LogP contribution in [-0.4, -0.2) is 129 Å². The van der Waals surface area contributed by atoms with Crippen molar-refractivity contribution >= 4 is 89.2 Å². The maximum absolute atomic E-state index is 13.8. The van der Waals surface area contributed by atoms with E-state index in [2.05, 4.69) is 40.9 Å². The van der Waals surface area contributed by atoms with E-state index in [1.165, 1.54) is 30.6 Å². The second-order valence-corrected chi connectivity index (χ2v) is 20.6. The van der Waals surface area contributed by atoms with Gasteiger partial charge < -0.3 is 34.5 Å². The third-order valence-corrected chi connectivity index (χ3v) is 10.4. The maximum atomic E-state index is 13.8. The number of fused-ring (bicyclic) bond motifs is 1. The summed E-state index contributed by atoms with van der Waals surface area (Å²) in [5.41, 5.74) is -1.59. The van der Waals surface area contributed by atoms with Crippen LogP contribution in [0.1, 0.15) is 81.9 Å². The average Bonchev–Trinajstić information content (AvgIpc) is 3.73. The average molecular weight is 942 g/mol. The van der Waals surface area contributed by atoms with Gasteiger partial charge in [0.2, 0.25) is 6.10 Å². The molecule has 63 heavy (non-hydrogen) atoms. The first-order valence-electron chi connectivity index (χ1n) is 19.2. The van der Waals surface area contributed by atoms with Crippen LogP contribution in [0.15, 0.2) is 28.7 Å². The Morgan fingerprint density at radius 1 is 0.968 bits per heavy atom. The van der Waals surface area contributed by atoms with E-state index in [0.29, 0.717) is 34.6 Å². The number of thiazole rings is 2. The predicted molar refractivity (Wildman–Crippen MR) is 228 cm³/mol. The Morgan fingerprint density at radius 2 is 1.62 bits per heavy atom. The molecule has 5 N–H and O–H groups in total. The molecule has 23 nitrogen and oxygen atoms in total. The lowest BCUT2D eigenvalue weighted by Crippen LogP contribution is -2.76. The van der Waals surface area contributed by atoms with Gasteiger partial charge in [-0.15, -0.1) is 20.7 Å². The summed E-state index contributed by atoms with van der Waals surface area (Å²) < 4.78 is 59.1. The Hall–Kier alpha value is -5.41. The molecule has 2 aromatic heterocycles. The molecule has 1 aromatic carbocycles. The normalized spacial score (nSPS) is 17.6. The van der Waals surface area contributed by atoms with Crippen LogP contribution >= 0.6 is 22.7 Å². The van der Waals surface area contributed by atoms with Crippen LogP contribution in [0.4, 0.5) is 19.9 Å². The number of carbonyl (C=O) groups is 5. The van der Waals surface area contributed by atoms with Crippen molar-refractivity contribution in [2.24, 2.45) is 5.10 Å². The molecule has 2 fully saturated rings. The Balaban J connectivity index is 1.30. The number of amides is 4. The molecule has 0 spiro atoms. The van der Waals surface area contributed by atoms with Crippen LogP contribution in [0.3, 0.4) is 0 Å². The van der Waals surface area contributed by atoms with E-state index >= 15 is 0 Å². The van der Waals surface area contributed by atoms with Crippen LogP contribution in [0.2, 0.25) is 0 Å². The zero-order valence-electron chi connectivity index (χ0n) is 36.4. The fourth-order valence-corrected chi connectivity index (χ4v) is 7.68. The van der Waals surface area contributed by atoms with E-state index in [1.54, 1.807) is 85.4 Å². The van der Waals surface area contributed by atoms with Crippen LogP contribution in [0.25, 0.3) is 10.2 Å². The number of ether oxygens (including phenoxy) is 4. The first-order chi connectivity index (χ1) is 29.0. The molecule has 346 valence electrons. The van der Waals surface area contributed by atoms with Gasteiger partial charge in [0, 0.05) is 18.5 Å². The molecular formula is C37H51N9O14S3. The van der Waals surface area contributed by atoms with Crippen molar-refractivity contribution in [1.29, 1.82) is 0 Å². The highest BCUT2D eigenvalue weighted by Crippen LogP contribution is 2.34. The summed E-state index contributed by atoms with van der Waals surface area (Å²) in [5.74, 6) is -2.56. The fraction of sp³-hybridized carbons (Fsp3) is 0.568. The Bertz CT molecular complexity index is 2360. The molecule has 2 saturated heterocycles. The Morgan fingerprint density at radius 3 is 2.22 bits per heavy atom. The number of anilines is 2. The first-order valence-corrected chi connectivity index (χ1v) is 22.3. The fourth-order valence-electron chi connectivity index (χ4n) is 5.58. The van der Waals surface area contributed by atoms with Crippen LogP contribution in [0, 0.1) is 0 Å². The molecule has 4 amide bonds. The number of rotatable bonds is 15. The predicted octanol–water partition coefficient (Wildman–Crippen LogP) is 3.99. The zero-order chi connectivity index (χ0) is 46.9. The topological polar surface area (TPSA) is 288 Å². The van der Waals surface area contributed by atoms with E-state index in [1.807, 2.05) is 0 Å². The largest absolute Gasteiger partial charge is 0.490 e. The van der Waals surface area contributed by atoms with Gasteiger partial charge in [-0.25, -0.2) is 29.2 Å². The second-order valence-electron chi connectivity index (χ2n) is 17.7. The van der Waals surface area contributed by atoms with Gasteiger partial charge in [-0.1, -0.05) is 11.3 Å². The number of hydrazone groups is 1. The minimum atomic E-state index is -5.08. The number of likely N-dealkylation sites (tertiary alicyclic amines) is 1. The van der Waals surface area contributed by atoms with Gasteiger partial charge in [-0.2, -0.15) is 19.1 Å². The summed E-state index contributed by atoms with van der Waals surface area (Å²) in [4.78, 5) is 80.8. The molecule has 4 heterocycles. The molecule has 0 saturated carbocycles. The summed E-state index contributed by atoms with van der Waals surface area (Å²) in [5, 5.41) is 14.6. The Kier molecular flexibility index (Phi) is 14.2. The van der Waals surface area contributed by atoms with Crippen molar-refractivity contribution < 1.29 is 65.0 Å². The van der Waals surface area contributed by atoms with Crippen LogP contribution in [-0.2, 0) is 48.1 Å². The molecule has 3 aromatic rings. The van der Waals surface area contributed by atoms with Crippen LogP contribution < -0.4 is 26.3 Å². The third kappa shape index (κ3) is 13.5. The van der Waals surface area contributed by atoms with Gasteiger partial charge in [0.15, 0.2) is 16.0 Å². The van der Waals surface area contributed by atoms with E-state index in [0.717, 1.165) is 16.0 Å². The first kappa shape index (κ1) is 48.6. The minimum absolute atomic E-state index is 0.00201. The van der Waals surface area contributed by atoms with Crippen molar-refractivity contribution in [2.75, 3.05) is 30.3 Å². The standard InChI is InChI=1S/C37H51N9O14S3/c1-34(2,3)56-29(49)23(17-55-20-12-13-21-24(14-20)62-31(39-21)38-19-15-45(16-19)33(51)58-36(7,8)9)59-44-43-25(22-18-61-30(40-22)42-32(50)57-35(4,5)6)27(47)41-26-28(48)46(37(26,10)11)60-63(52,53)54/h12-14,18-19,23,26,44H,15-17H2,1-11H3,(H,38,39)(H,41,47)(H,40,42,50)(H,52,53,54)/b43-25-/t23-,26+/m0/s1. The lowest BCUT2D eigenvalue weighted by Gasteiger charge is -2.50. The summed E-state index contributed by atoms with van der Waals surface area (Å²) in [6, 6.07) is 3.71. The van der Waals surface area contributed by atoms with Gasteiger partial charge in [-0.05, 0) is 94.4 Å². The monoisotopic (exact) mass is 941 g/mol. The lowest BCUT2D eigenvalue weighted by atomic mass is 9.84. The van der Waals surface area contributed by atoms with E-state index < -0.39 is 81.1 Å². The van der Waals surface area contributed by atoms with Crippen molar-refractivity contribution in [2.45, 2.75) is 117 Å². The summed E-state index contributed by atoms with van der Waals surface area (Å²) in [7, 11) is -5.08.